The van der Waals surface area contributed by atoms with Gasteiger partial charge in [-0.1, -0.05) is 31.4 Å². The number of nitrogens with two attached hydrogens (primary N) is 1. The zero-order chi connectivity index (χ0) is 9.68. The van der Waals surface area contributed by atoms with E-state index in [1.54, 1.807) is 6.20 Å². The largest absolute Gasteiger partial charge is 0.323 e. The van der Waals surface area contributed by atoms with Gasteiger partial charge in [-0.3, -0.25) is 4.98 Å². The van der Waals surface area contributed by atoms with Crippen LogP contribution in [0.4, 0.5) is 0 Å². The second kappa shape index (κ2) is 5.20. The minimum atomic E-state index is 0.0530. The van der Waals surface area contributed by atoms with Gasteiger partial charge in [0.15, 0.2) is 0 Å². The normalized spacial score (nSPS) is 12.8. The molecule has 0 amide bonds. The number of pyridine rings is 1. The fraction of sp³-hybridized carbons (Fsp3) is 0.500. The van der Waals surface area contributed by atoms with E-state index in [0.717, 1.165) is 18.5 Å². The Labute approximate surface area is 84.1 Å². The highest BCUT2D eigenvalue weighted by molar-refractivity contribution is 6.30. The van der Waals surface area contributed by atoms with E-state index in [9.17, 15) is 0 Å². The van der Waals surface area contributed by atoms with E-state index < -0.39 is 0 Å². The Hall–Kier alpha value is -0.600. The summed E-state index contributed by atoms with van der Waals surface area (Å²) >= 11 is 5.72. The molecule has 0 saturated carbocycles. The average molecular weight is 199 g/mol. The lowest BCUT2D eigenvalue weighted by molar-refractivity contribution is 0.590. The summed E-state index contributed by atoms with van der Waals surface area (Å²) in [6, 6.07) is 3.77. The summed E-state index contributed by atoms with van der Waals surface area (Å²) in [5.74, 6) is 0. The molecule has 0 bridgehead atoms. The first-order valence-electron chi connectivity index (χ1n) is 4.61. The van der Waals surface area contributed by atoms with E-state index in [2.05, 4.69) is 11.9 Å². The smallest absolute Gasteiger partial charge is 0.0589 e. The predicted octanol–water partition coefficient (Wildman–Crippen LogP) is 2.93. The summed E-state index contributed by atoms with van der Waals surface area (Å²) in [5.41, 5.74) is 6.85. The lowest BCUT2D eigenvalue weighted by Crippen LogP contribution is -2.11. The van der Waals surface area contributed by atoms with Crippen LogP contribution >= 0.6 is 11.6 Å². The summed E-state index contributed by atoms with van der Waals surface area (Å²) in [7, 11) is 0. The Morgan fingerprint density at radius 2 is 2.31 bits per heavy atom. The van der Waals surface area contributed by atoms with Crippen molar-refractivity contribution in [3.05, 3.63) is 29.0 Å². The summed E-state index contributed by atoms with van der Waals surface area (Å²) in [4.78, 5) is 4.17. The van der Waals surface area contributed by atoms with Gasteiger partial charge in [0.25, 0.3) is 0 Å². The molecule has 0 aliphatic carbocycles. The number of unbranched alkanes of at least 4 members (excludes halogenated alkanes) is 1. The fourth-order valence-corrected chi connectivity index (χ4v) is 1.29. The molecule has 13 heavy (non-hydrogen) atoms. The maximum atomic E-state index is 5.93. The van der Waals surface area contributed by atoms with Crippen molar-refractivity contribution < 1.29 is 0 Å². The van der Waals surface area contributed by atoms with Gasteiger partial charge in [-0.05, 0) is 18.6 Å². The number of rotatable bonds is 4. The van der Waals surface area contributed by atoms with Crippen molar-refractivity contribution in [2.75, 3.05) is 0 Å². The predicted molar refractivity (Wildman–Crippen MR) is 55.7 cm³/mol. The molecule has 0 unspecified atom stereocenters. The van der Waals surface area contributed by atoms with Gasteiger partial charge in [-0.2, -0.15) is 0 Å². The maximum Gasteiger partial charge on any atom is 0.0589 e. The van der Waals surface area contributed by atoms with Gasteiger partial charge in [-0.25, -0.2) is 0 Å². The zero-order valence-electron chi connectivity index (χ0n) is 7.83. The molecule has 1 rings (SSSR count). The second-order valence-corrected chi connectivity index (χ2v) is 3.59. The molecule has 0 spiro atoms. The highest BCUT2D eigenvalue weighted by atomic mass is 35.5. The summed E-state index contributed by atoms with van der Waals surface area (Å²) in [6.45, 7) is 2.15. The van der Waals surface area contributed by atoms with Crippen LogP contribution in [0.2, 0.25) is 5.02 Å². The van der Waals surface area contributed by atoms with Crippen molar-refractivity contribution in [1.82, 2.24) is 4.98 Å². The van der Waals surface area contributed by atoms with Crippen molar-refractivity contribution in [3.63, 3.8) is 0 Å². The molecule has 0 radical (unpaired) electrons. The molecule has 72 valence electrons. The Morgan fingerprint density at radius 1 is 1.54 bits per heavy atom. The van der Waals surface area contributed by atoms with Gasteiger partial charge >= 0.3 is 0 Å². The van der Waals surface area contributed by atoms with Crippen LogP contribution in [0, 0.1) is 0 Å². The third-order valence-corrected chi connectivity index (χ3v) is 2.22. The van der Waals surface area contributed by atoms with Crippen LogP contribution in [0.5, 0.6) is 0 Å². The minimum absolute atomic E-state index is 0.0530. The van der Waals surface area contributed by atoms with E-state index >= 15 is 0 Å². The quantitative estimate of drug-likeness (QED) is 0.808. The molecule has 0 aromatic carbocycles. The van der Waals surface area contributed by atoms with Crippen LogP contribution in [0.15, 0.2) is 18.3 Å². The summed E-state index contributed by atoms with van der Waals surface area (Å²) in [6.07, 6.45) is 4.95. The van der Waals surface area contributed by atoms with Gasteiger partial charge in [0.05, 0.1) is 10.7 Å². The SMILES string of the molecule is CCCC[C@@H](N)c1ccc(Cl)cn1. The van der Waals surface area contributed by atoms with Gasteiger partial charge in [0.1, 0.15) is 0 Å². The lowest BCUT2D eigenvalue weighted by Gasteiger charge is -2.09. The van der Waals surface area contributed by atoms with Crippen LogP contribution in [0.3, 0.4) is 0 Å². The van der Waals surface area contributed by atoms with Crippen molar-refractivity contribution in [3.8, 4) is 0 Å². The highest BCUT2D eigenvalue weighted by Crippen LogP contribution is 2.16. The molecule has 1 aromatic heterocycles. The molecule has 1 aromatic rings. The third-order valence-electron chi connectivity index (χ3n) is 2.00. The maximum absolute atomic E-state index is 5.93. The number of nitrogens with zero attached hydrogens (tertiary/aromatic N) is 1. The Morgan fingerprint density at radius 3 is 2.85 bits per heavy atom. The second-order valence-electron chi connectivity index (χ2n) is 3.15. The van der Waals surface area contributed by atoms with Crippen LogP contribution in [0.25, 0.3) is 0 Å². The van der Waals surface area contributed by atoms with E-state index in [1.807, 2.05) is 12.1 Å². The lowest BCUT2D eigenvalue weighted by atomic mass is 10.1. The Balaban J connectivity index is 2.55. The van der Waals surface area contributed by atoms with Gasteiger partial charge in [0.2, 0.25) is 0 Å². The first-order chi connectivity index (χ1) is 6.24. The van der Waals surface area contributed by atoms with E-state index in [1.165, 1.54) is 6.42 Å². The first kappa shape index (κ1) is 10.5. The third kappa shape index (κ3) is 3.33. The molecular weight excluding hydrogens is 184 g/mol. The molecule has 1 heterocycles. The molecule has 0 saturated heterocycles. The van der Waals surface area contributed by atoms with E-state index in [4.69, 9.17) is 17.3 Å². The first-order valence-corrected chi connectivity index (χ1v) is 4.99. The monoisotopic (exact) mass is 198 g/mol. The standard InChI is InChI=1S/C10H15ClN2/c1-2-3-4-9(12)10-6-5-8(11)7-13-10/h5-7,9H,2-4,12H2,1H3/t9-/m1/s1. The van der Waals surface area contributed by atoms with Gasteiger partial charge < -0.3 is 5.73 Å². The minimum Gasteiger partial charge on any atom is -0.323 e. The molecule has 0 fully saturated rings. The zero-order valence-corrected chi connectivity index (χ0v) is 8.59. The molecule has 3 heteroatoms. The van der Waals surface area contributed by atoms with Crippen LogP contribution in [0.1, 0.15) is 37.9 Å². The van der Waals surface area contributed by atoms with Crippen LogP contribution in [-0.2, 0) is 0 Å². The molecule has 0 aliphatic rings. The topological polar surface area (TPSA) is 38.9 Å². The van der Waals surface area contributed by atoms with Crippen molar-refractivity contribution in [1.29, 1.82) is 0 Å². The van der Waals surface area contributed by atoms with Crippen molar-refractivity contribution in [2.45, 2.75) is 32.2 Å². The van der Waals surface area contributed by atoms with Gasteiger partial charge in [-0.15, -0.1) is 0 Å². The Bertz CT molecular complexity index is 246. The average Bonchev–Trinajstić information content (AvgIpc) is 2.15. The highest BCUT2D eigenvalue weighted by Gasteiger charge is 2.05. The van der Waals surface area contributed by atoms with E-state index in [-0.39, 0.29) is 6.04 Å². The van der Waals surface area contributed by atoms with E-state index in [0.29, 0.717) is 5.02 Å². The number of aromatic nitrogens is 1. The van der Waals surface area contributed by atoms with Crippen LogP contribution < -0.4 is 5.73 Å². The summed E-state index contributed by atoms with van der Waals surface area (Å²) in [5, 5.41) is 0.659. The molecule has 0 aliphatic heterocycles. The molecular formula is C10H15ClN2. The summed E-state index contributed by atoms with van der Waals surface area (Å²) < 4.78 is 0. The number of halogens is 1. The Kier molecular flexibility index (Phi) is 4.19. The molecule has 2 N–H and O–H groups in total. The van der Waals surface area contributed by atoms with Crippen molar-refractivity contribution in [2.24, 2.45) is 5.73 Å². The van der Waals surface area contributed by atoms with Crippen molar-refractivity contribution >= 4 is 11.6 Å². The molecule has 1 atom stereocenters. The number of hydrogen-bond donors (Lipinski definition) is 1. The number of hydrogen-bond acceptors (Lipinski definition) is 2. The van der Waals surface area contributed by atoms with Crippen LogP contribution in [-0.4, -0.2) is 4.98 Å². The van der Waals surface area contributed by atoms with Gasteiger partial charge in [0, 0.05) is 12.2 Å². The molecule has 2 nitrogen and oxygen atoms in total. The fourth-order valence-electron chi connectivity index (χ4n) is 1.18.